The van der Waals surface area contributed by atoms with Crippen molar-refractivity contribution in [3.63, 3.8) is 0 Å². The number of amides is 1. The summed E-state index contributed by atoms with van der Waals surface area (Å²) >= 11 is 1.27. The third-order valence-electron chi connectivity index (χ3n) is 4.60. The van der Waals surface area contributed by atoms with Gasteiger partial charge in [0.1, 0.15) is 5.51 Å². The zero-order valence-corrected chi connectivity index (χ0v) is 16.5. The molecule has 144 valence electrons. The summed E-state index contributed by atoms with van der Waals surface area (Å²) in [6, 6.07) is 25.2. The fourth-order valence-corrected chi connectivity index (χ4v) is 3.63. The molecule has 0 fully saturated rings. The van der Waals surface area contributed by atoms with Crippen LogP contribution in [0.3, 0.4) is 0 Å². The number of anilines is 1. The van der Waals surface area contributed by atoms with E-state index in [9.17, 15) is 4.79 Å². The van der Waals surface area contributed by atoms with Gasteiger partial charge in [0.25, 0.3) is 5.91 Å². The van der Waals surface area contributed by atoms with Gasteiger partial charge in [0.2, 0.25) is 5.13 Å². The highest BCUT2D eigenvalue weighted by Gasteiger charge is 2.15. The summed E-state index contributed by atoms with van der Waals surface area (Å²) in [5, 5.41) is 10.8. The number of fused-ring (bicyclic) bond motifs is 1. The van der Waals surface area contributed by atoms with Crippen molar-refractivity contribution in [1.29, 1.82) is 0 Å². The molecule has 0 radical (unpaired) electrons. The average molecular weight is 409 g/mol. The van der Waals surface area contributed by atoms with Crippen LogP contribution in [0.1, 0.15) is 10.4 Å². The van der Waals surface area contributed by atoms with Gasteiger partial charge in [0.05, 0.1) is 22.4 Å². The Morgan fingerprint density at radius 1 is 0.767 bits per heavy atom. The van der Waals surface area contributed by atoms with Crippen LogP contribution in [0.5, 0.6) is 0 Å². The first-order chi connectivity index (χ1) is 14.8. The highest BCUT2D eigenvalue weighted by molar-refractivity contribution is 7.13. The van der Waals surface area contributed by atoms with Gasteiger partial charge in [-0.05, 0) is 18.2 Å². The molecule has 1 N–H and O–H groups in total. The van der Waals surface area contributed by atoms with Crippen molar-refractivity contribution < 1.29 is 4.79 Å². The molecule has 1 amide bonds. The molecular weight excluding hydrogens is 394 g/mol. The van der Waals surface area contributed by atoms with Crippen LogP contribution in [0.25, 0.3) is 33.5 Å². The minimum absolute atomic E-state index is 0.260. The Labute approximate surface area is 176 Å². The van der Waals surface area contributed by atoms with Crippen molar-refractivity contribution in [2.45, 2.75) is 0 Å². The highest BCUT2D eigenvalue weighted by Crippen LogP contribution is 2.31. The number of aromatic nitrogens is 4. The van der Waals surface area contributed by atoms with E-state index in [0.717, 1.165) is 28.0 Å². The van der Waals surface area contributed by atoms with Crippen molar-refractivity contribution in [3.8, 4) is 22.5 Å². The Bertz CT molecular complexity index is 1320. The summed E-state index contributed by atoms with van der Waals surface area (Å²) in [5.74, 6) is -0.260. The minimum Gasteiger partial charge on any atom is -0.296 e. The summed E-state index contributed by atoms with van der Waals surface area (Å²) in [7, 11) is 0. The summed E-state index contributed by atoms with van der Waals surface area (Å²) < 4.78 is 0. The molecule has 0 saturated carbocycles. The summed E-state index contributed by atoms with van der Waals surface area (Å²) in [4.78, 5) is 22.4. The van der Waals surface area contributed by atoms with E-state index in [-0.39, 0.29) is 5.91 Å². The molecule has 5 rings (SSSR count). The predicted molar refractivity (Wildman–Crippen MR) is 118 cm³/mol. The van der Waals surface area contributed by atoms with Crippen LogP contribution in [0, 0.1) is 0 Å². The maximum atomic E-state index is 12.6. The molecule has 6 nitrogen and oxygen atoms in total. The van der Waals surface area contributed by atoms with Gasteiger partial charge in [-0.2, -0.15) is 0 Å². The van der Waals surface area contributed by atoms with Crippen LogP contribution in [-0.2, 0) is 0 Å². The van der Waals surface area contributed by atoms with Crippen molar-refractivity contribution >= 4 is 33.4 Å². The maximum absolute atomic E-state index is 12.6. The molecule has 0 aliphatic rings. The molecule has 3 aromatic carbocycles. The van der Waals surface area contributed by atoms with E-state index < -0.39 is 0 Å². The summed E-state index contributed by atoms with van der Waals surface area (Å²) in [5.41, 5.74) is 6.96. The van der Waals surface area contributed by atoms with E-state index in [2.05, 4.69) is 15.5 Å². The molecule has 0 unspecified atom stereocenters. The number of carbonyl (C=O) groups excluding carboxylic acids is 1. The molecule has 2 aromatic heterocycles. The molecule has 7 heteroatoms. The lowest BCUT2D eigenvalue weighted by Crippen LogP contribution is -2.11. The van der Waals surface area contributed by atoms with Crippen LogP contribution in [0.2, 0.25) is 0 Å². The maximum Gasteiger partial charge on any atom is 0.257 e. The lowest BCUT2D eigenvalue weighted by molar-refractivity contribution is 0.102. The van der Waals surface area contributed by atoms with Gasteiger partial charge in [0.15, 0.2) is 0 Å². The topological polar surface area (TPSA) is 80.7 Å². The number of carbonyl (C=O) groups is 1. The molecular formula is C23H15N5OS. The lowest BCUT2D eigenvalue weighted by atomic mass is 10.0. The number of nitrogens with one attached hydrogen (secondary N) is 1. The smallest absolute Gasteiger partial charge is 0.257 e. The molecule has 0 spiro atoms. The van der Waals surface area contributed by atoms with Gasteiger partial charge in [-0.3, -0.25) is 10.1 Å². The van der Waals surface area contributed by atoms with Gasteiger partial charge in [-0.1, -0.05) is 72.0 Å². The Morgan fingerprint density at radius 3 is 2.00 bits per heavy atom. The SMILES string of the molecule is O=C(Nc1nncs1)c1ccc2nc(-c3ccccc3)c(-c3ccccc3)nc2c1. The molecule has 5 aromatic rings. The second-order valence-corrected chi connectivity index (χ2v) is 7.39. The number of hydrogen-bond donors (Lipinski definition) is 1. The van der Waals surface area contributed by atoms with Crippen molar-refractivity contribution in [3.05, 3.63) is 89.9 Å². The number of hydrogen-bond acceptors (Lipinski definition) is 6. The Morgan fingerprint density at radius 2 is 1.40 bits per heavy atom. The van der Waals surface area contributed by atoms with Gasteiger partial charge in [-0.15, -0.1) is 10.2 Å². The molecule has 0 bridgehead atoms. The largest absolute Gasteiger partial charge is 0.296 e. The van der Waals surface area contributed by atoms with Crippen LogP contribution >= 0.6 is 11.3 Å². The third-order valence-corrected chi connectivity index (χ3v) is 5.21. The Kier molecular flexibility index (Phi) is 4.71. The van der Waals surface area contributed by atoms with Crippen LogP contribution < -0.4 is 5.32 Å². The van der Waals surface area contributed by atoms with Gasteiger partial charge in [-0.25, -0.2) is 9.97 Å². The van der Waals surface area contributed by atoms with E-state index in [1.807, 2.05) is 66.7 Å². The predicted octanol–water partition coefficient (Wildman–Crippen LogP) is 5.07. The van der Waals surface area contributed by atoms with E-state index in [4.69, 9.17) is 9.97 Å². The van der Waals surface area contributed by atoms with Crippen LogP contribution in [0.4, 0.5) is 5.13 Å². The number of nitrogens with zero attached hydrogens (tertiary/aromatic N) is 4. The quantitative estimate of drug-likeness (QED) is 0.448. The second kappa shape index (κ2) is 7.81. The summed E-state index contributed by atoms with van der Waals surface area (Å²) in [6.07, 6.45) is 0. The lowest BCUT2D eigenvalue weighted by Gasteiger charge is -2.11. The first-order valence-electron chi connectivity index (χ1n) is 9.28. The summed E-state index contributed by atoms with van der Waals surface area (Å²) in [6.45, 7) is 0. The third kappa shape index (κ3) is 3.54. The van der Waals surface area contributed by atoms with Crippen LogP contribution in [0.15, 0.2) is 84.4 Å². The zero-order chi connectivity index (χ0) is 20.3. The minimum atomic E-state index is -0.260. The first kappa shape index (κ1) is 18.1. The van der Waals surface area contributed by atoms with Gasteiger partial charge < -0.3 is 0 Å². The standard InChI is InChI=1S/C23H15N5OS/c29-22(27-23-28-24-14-30-23)17-11-12-18-19(13-17)26-21(16-9-5-2-6-10-16)20(25-18)15-7-3-1-4-8-15/h1-14H,(H,27,28,29). The fourth-order valence-electron chi connectivity index (χ4n) is 3.19. The van der Waals surface area contributed by atoms with E-state index >= 15 is 0 Å². The van der Waals surface area contributed by atoms with Gasteiger partial charge >= 0.3 is 0 Å². The molecule has 0 aliphatic carbocycles. The van der Waals surface area contributed by atoms with Crippen molar-refractivity contribution in [2.75, 3.05) is 5.32 Å². The average Bonchev–Trinajstić information content (AvgIpc) is 3.32. The van der Waals surface area contributed by atoms with E-state index in [1.54, 1.807) is 17.6 Å². The normalized spacial score (nSPS) is 10.8. The first-order valence-corrected chi connectivity index (χ1v) is 10.2. The molecule has 0 atom stereocenters. The highest BCUT2D eigenvalue weighted by atomic mass is 32.1. The second-order valence-electron chi connectivity index (χ2n) is 6.55. The van der Waals surface area contributed by atoms with Crippen molar-refractivity contribution in [1.82, 2.24) is 20.2 Å². The van der Waals surface area contributed by atoms with Gasteiger partial charge in [0, 0.05) is 16.7 Å². The molecule has 0 aliphatic heterocycles. The van der Waals surface area contributed by atoms with Crippen LogP contribution in [-0.4, -0.2) is 26.1 Å². The molecule has 0 saturated heterocycles. The number of benzene rings is 3. The van der Waals surface area contributed by atoms with E-state index in [1.165, 1.54) is 11.3 Å². The molecule has 2 heterocycles. The number of rotatable bonds is 4. The Balaban J connectivity index is 1.63. The zero-order valence-electron chi connectivity index (χ0n) is 15.7. The fraction of sp³-hybridized carbons (Fsp3) is 0. The van der Waals surface area contributed by atoms with E-state index in [0.29, 0.717) is 16.2 Å². The monoisotopic (exact) mass is 409 g/mol. The Hall–Kier alpha value is -3.97. The molecule has 30 heavy (non-hydrogen) atoms. The van der Waals surface area contributed by atoms with Crippen molar-refractivity contribution in [2.24, 2.45) is 0 Å².